The molecule has 0 aliphatic rings. The molecule has 0 saturated heterocycles. The summed E-state index contributed by atoms with van der Waals surface area (Å²) in [5.41, 5.74) is 0. The normalized spacial score (nSPS) is 13.3. The number of rotatable bonds is 26. The van der Waals surface area contributed by atoms with Gasteiger partial charge in [0, 0.05) is 0 Å². The number of hydrogen-bond acceptors (Lipinski definition) is 1. The molecule has 0 amide bonds. The Kier molecular flexibility index (Phi) is 24.7. The zero-order valence-corrected chi connectivity index (χ0v) is 22.5. The molecule has 1 N–H and O–H groups in total. The van der Waals surface area contributed by atoms with Crippen molar-refractivity contribution in [3.63, 3.8) is 0 Å². The smallest absolute Gasteiger partial charge is 0.306 e. The third-order valence-electron chi connectivity index (χ3n) is 7.36. The fourth-order valence-electron chi connectivity index (χ4n) is 5.16. The predicted octanol–water partition coefficient (Wildman–Crippen LogP) is 10.7. The van der Waals surface area contributed by atoms with Crippen LogP contribution in [0.25, 0.3) is 0 Å². The Bertz CT molecular complexity index is 379. The molecular formula is C30H60O2. The van der Waals surface area contributed by atoms with E-state index in [-0.39, 0.29) is 5.92 Å². The molecule has 0 aromatic carbocycles. The van der Waals surface area contributed by atoms with Crippen LogP contribution < -0.4 is 0 Å². The molecule has 192 valence electrons. The highest BCUT2D eigenvalue weighted by Crippen LogP contribution is 2.30. The van der Waals surface area contributed by atoms with Gasteiger partial charge in [0.15, 0.2) is 0 Å². The largest absolute Gasteiger partial charge is 0.481 e. The summed E-state index contributed by atoms with van der Waals surface area (Å²) in [6, 6.07) is 0. The van der Waals surface area contributed by atoms with Gasteiger partial charge in [0.1, 0.15) is 0 Å². The van der Waals surface area contributed by atoms with Gasteiger partial charge in [-0.3, -0.25) is 4.79 Å². The van der Waals surface area contributed by atoms with Crippen molar-refractivity contribution in [2.75, 3.05) is 0 Å². The van der Waals surface area contributed by atoms with Crippen LogP contribution in [0.2, 0.25) is 0 Å². The highest BCUT2D eigenvalue weighted by Gasteiger charge is 2.26. The van der Waals surface area contributed by atoms with E-state index >= 15 is 0 Å². The van der Waals surface area contributed by atoms with Crippen LogP contribution >= 0.6 is 0 Å². The summed E-state index contributed by atoms with van der Waals surface area (Å²) >= 11 is 0. The number of aliphatic carboxylic acids is 1. The molecule has 0 aliphatic carbocycles. The first-order chi connectivity index (χ1) is 15.7. The van der Waals surface area contributed by atoms with E-state index in [4.69, 9.17) is 0 Å². The average molecular weight is 453 g/mol. The summed E-state index contributed by atoms with van der Waals surface area (Å²) in [5.74, 6) is -0.228. The maximum Gasteiger partial charge on any atom is 0.306 e. The predicted molar refractivity (Wildman–Crippen MR) is 142 cm³/mol. The van der Waals surface area contributed by atoms with E-state index in [0.717, 1.165) is 25.7 Å². The van der Waals surface area contributed by atoms with Gasteiger partial charge in [0.05, 0.1) is 5.92 Å². The van der Waals surface area contributed by atoms with E-state index in [2.05, 4.69) is 20.8 Å². The van der Waals surface area contributed by atoms with Crippen molar-refractivity contribution in [3.8, 4) is 0 Å². The van der Waals surface area contributed by atoms with Gasteiger partial charge in [-0.1, -0.05) is 156 Å². The van der Waals surface area contributed by atoms with Crippen molar-refractivity contribution < 1.29 is 9.90 Å². The first kappa shape index (κ1) is 31.5. The molecule has 32 heavy (non-hydrogen) atoms. The topological polar surface area (TPSA) is 37.3 Å². The monoisotopic (exact) mass is 452 g/mol. The van der Waals surface area contributed by atoms with E-state index in [1.165, 1.54) is 128 Å². The molecule has 2 heteroatoms. The quantitative estimate of drug-likeness (QED) is 0.132. The maximum atomic E-state index is 12.1. The molecule has 0 radical (unpaired) electrons. The van der Waals surface area contributed by atoms with Crippen LogP contribution in [0, 0.1) is 11.8 Å². The third-order valence-corrected chi connectivity index (χ3v) is 7.36. The summed E-state index contributed by atoms with van der Waals surface area (Å²) in [4.78, 5) is 12.1. The lowest BCUT2D eigenvalue weighted by molar-refractivity contribution is -0.144. The first-order valence-electron chi connectivity index (χ1n) is 14.9. The molecular weight excluding hydrogens is 392 g/mol. The van der Waals surface area contributed by atoms with E-state index in [1.54, 1.807) is 0 Å². The highest BCUT2D eigenvalue weighted by atomic mass is 16.4. The fraction of sp³-hybridized carbons (Fsp3) is 0.967. The lowest BCUT2D eigenvalue weighted by Gasteiger charge is -2.24. The van der Waals surface area contributed by atoms with Crippen molar-refractivity contribution in [2.24, 2.45) is 11.8 Å². The van der Waals surface area contributed by atoms with Crippen molar-refractivity contribution in [2.45, 2.75) is 175 Å². The summed E-state index contributed by atoms with van der Waals surface area (Å²) in [5, 5.41) is 9.99. The number of carboxylic acid groups (broad SMARTS) is 1. The summed E-state index contributed by atoms with van der Waals surface area (Å²) in [7, 11) is 0. The van der Waals surface area contributed by atoms with Crippen LogP contribution in [0.4, 0.5) is 0 Å². The van der Waals surface area contributed by atoms with E-state index < -0.39 is 5.97 Å². The van der Waals surface area contributed by atoms with Gasteiger partial charge in [0.2, 0.25) is 0 Å². The second-order valence-corrected chi connectivity index (χ2v) is 10.4. The van der Waals surface area contributed by atoms with Gasteiger partial charge in [-0.2, -0.15) is 0 Å². The first-order valence-corrected chi connectivity index (χ1v) is 14.9. The molecule has 0 aromatic rings. The van der Waals surface area contributed by atoms with E-state index in [0.29, 0.717) is 5.92 Å². The van der Waals surface area contributed by atoms with Crippen LogP contribution in [-0.2, 0) is 4.79 Å². The molecule has 2 atom stereocenters. The average Bonchev–Trinajstić information content (AvgIpc) is 2.78. The summed E-state index contributed by atoms with van der Waals surface area (Å²) < 4.78 is 0. The van der Waals surface area contributed by atoms with Crippen molar-refractivity contribution in [1.29, 1.82) is 0 Å². The van der Waals surface area contributed by atoms with Crippen molar-refractivity contribution in [3.05, 3.63) is 0 Å². The van der Waals surface area contributed by atoms with E-state index in [1.807, 2.05) is 0 Å². The zero-order chi connectivity index (χ0) is 23.7. The van der Waals surface area contributed by atoms with Gasteiger partial charge in [-0.25, -0.2) is 0 Å². The fourth-order valence-corrected chi connectivity index (χ4v) is 5.16. The standard InChI is InChI=1S/C30H60O2/c1-4-7-10-13-15-16-17-19-21-24-27-29(30(31)32)28(25-22-12-9-6-3)26-23-20-18-14-11-8-5-2/h28-29H,4-27H2,1-3H3,(H,31,32). The number of carbonyl (C=O) groups is 1. The van der Waals surface area contributed by atoms with E-state index in [9.17, 15) is 9.90 Å². The Morgan fingerprint density at radius 2 is 0.750 bits per heavy atom. The van der Waals surface area contributed by atoms with Crippen LogP contribution in [-0.4, -0.2) is 11.1 Å². The van der Waals surface area contributed by atoms with Crippen LogP contribution in [0.15, 0.2) is 0 Å². The summed E-state index contributed by atoms with van der Waals surface area (Å²) in [6.45, 7) is 6.79. The number of carboxylic acids is 1. The van der Waals surface area contributed by atoms with Crippen LogP contribution in [0.3, 0.4) is 0 Å². The number of unbranched alkanes of at least 4 members (excludes halogenated alkanes) is 18. The minimum Gasteiger partial charge on any atom is -0.481 e. The van der Waals surface area contributed by atoms with Gasteiger partial charge in [0.25, 0.3) is 0 Å². The molecule has 0 bridgehead atoms. The molecule has 0 rings (SSSR count). The minimum absolute atomic E-state index is 0.106. The maximum absolute atomic E-state index is 12.1. The van der Waals surface area contributed by atoms with Gasteiger partial charge < -0.3 is 5.11 Å². The Morgan fingerprint density at radius 3 is 1.09 bits per heavy atom. The van der Waals surface area contributed by atoms with Gasteiger partial charge in [-0.05, 0) is 25.2 Å². The second kappa shape index (κ2) is 25.1. The van der Waals surface area contributed by atoms with Gasteiger partial charge in [-0.15, -0.1) is 0 Å². The molecule has 0 aromatic heterocycles. The Labute approximate surface area is 202 Å². The second-order valence-electron chi connectivity index (χ2n) is 10.4. The summed E-state index contributed by atoms with van der Waals surface area (Å²) in [6.07, 6.45) is 30.7. The van der Waals surface area contributed by atoms with Crippen molar-refractivity contribution in [1.82, 2.24) is 0 Å². The number of hydrogen-bond donors (Lipinski definition) is 1. The highest BCUT2D eigenvalue weighted by molar-refractivity contribution is 5.70. The zero-order valence-electron chi connectivity index (χ0n) is 22.5. The lowest BCUT2D eigenvalue weighted by Crippen LogP contribution is -2.24. The molecule has 0 fully saturated rings. The van der Waals surface area contributed by atoms with Crippen LogP contribution in [0.5, 0.6) is 0 Å². The molecule has 2 unspecified atom stereocenters. The minimum atomic E-state index is -0.524. The van der Waals surface area contributed by atoms with Crippen molar-refractivity contribution >= 4 is 5.97 Å². The van der Waals surface area contributed by atoms with Crippen LogP contribution in [0.1, 0.15) is 175 Å². The molecule has 0 aliphatic heterocycles. The molecule has 0 saturated carbocycles. The SMILES string of the molecule is CCCCCCCCCCCCC(C(=O)O)C(CCCCCC)CCCCCCCCC. The Hall–Kier alpha value is -0.530. The van der Waals surface area contributed by atoms with Gasteiger partial charge >= 0.3 is 5.97 Å². The molecule has 0 heterocycles. The lowest BCUT2D eigenvalue weighted by atomic mass is 9.80. The Morgan fingerprint density at radius 1 is 0.469 bits per heavy atom. The Balaban J connectivity index is 4.23. The molecule has 2 nitrogen and oxygen atoms in total. The molecule has 0 spiro atoms. The third kappa shape index (κ3) is 20.1.